The molecule has 1 amide bonds. The number of piperazine rings is 1. The smallest absolute Gasteiger partial charge is 0.255 e. The highest BCUT2D eigenvalue weighted by Crippen LogP contribution is 2.33. The number of hydrogen-bond donors (Lipinski definition) is 0. The Morgan fingerprint density at radius 1 is 1.29 bits per heavy atom. The molecule has 0 bridgehead atoms. The van der Waals surface area contributed by atoms with Gasteiger partial charge in [0.1, 0.15) is 0 Å². The molecule has 2 heterocycles. The van der Waals surface area contributed by atoms with Gasteiger partial charge in [0.2, 0.25) is 0 Å². The predicted molar refractivity (Wildman–Crippen MR) is 110 cm³/mol. The summed E-state index contributed by atoms with van der Waals surface area (Å²) in [4.78, 5) is 18.7. The maximum atomic E-state index is 13.9. The average molecular weight is 403 g/mol. The monoisotopic (exact) mass is 402 g/mol. The number of hydrogen-bond acceptors (Lipinski definition) is 4. The first-order valence-corrected chi connectivity index (χ1v) is 10.9. The zero-order chi connectivity index (χ0) is 19.7. The third-order valence-electron chi connectivity index (χ3n) is 5.91. The molecule has 0 unspecified atom stereocenters. The predicted octanol–water partition coefficient (Wildman–Crippen LogP) is 3.98. The van der Waals surface area contributed by atoms with Crippen molar-refractivity contribution in [2.45, 2.75) is 32.7 Å². The van der Waals surface area contributed by atoms with Gasteiger partial charge in [-0.1, -0.05) is 13.0 Å². The molecule has 150 valence electrons. The van der Waals surface area contributed by atoms with Gasteiger partial charge in [0.25, 0.3) is 5.91 Å². The first kappa shape index (κ1) is 19.4. The van der Waals surface area contributed by atoms with Crippen LogP contribution in [-0.4, -0.2) is 49.0 Å². The highest BCUT2D eigenvalue weighted by atomic mass is 32.1. The molecule has 0 saturated carbocycles. The van der Waals surface area contributed by atoms with Crippen LogP contribution in [-0.2, 0) is 19.4 Å². The van der Waals surface area contributed by atoms with Gasteiger partial charge in [-0.15, -0.1) is 11.3 Å². The first-order chi connectivity index (χ1) is 13.5. The van der Waals surface area contributed by atoms with Crippen LogP contribution in [0.4, 0.5) is 4.39 Å². The number of carbonyl (C=O) groups excluding carboxylic acids is 1. The zero-order valence-electron chi connectivity index (χ0n) is 16.5. The molecule has 1 fully saturated rings. The molecule has 1 aromatic heterocycles. The molecule has 0 spiro atoms. The molecular weight excluding hydrogens is 375 g/mol. The molecular formula is C22H27FN2O2S. The van der Waals surface area contributed by atoms with E-state index in [0.29, 0.717) is 6.54 Å². The highest BCUT2D eigenvalue weighted by molar-refractivity contribution is 7.10. The quantitative estimate of drug-likeness (QED) is 0.776. The van der Waals surface area contributed by atoms with Crippen molar-refractivity contribution in [3.63, 3.8) is 0 Å². The Labute approximate surface area is 169 Å². The largest absolute Gasteiger partial charge is 0.494 e. The number of amides is 1. The lowest BCUT2D eigenvalue weighted by Gasteiger charge is -2.35. The minimum Gasteiger partial charge on any atom is -0.494 e. The molecule has 1 aliphatic carbocycles. The number of carbonyl (C=O) groups is 1. The van der Waals surface area contributed by atoms with Crippen LogP contribution in [0.1, 0.15) is 39.7 Å². The van der Waals surface area contributed by atoms with Crippen LogP contribution < -0.4 is 4.74 Å². The molecule has 0 radical (unpaired) electrons. The summed E-state index contributed by atoms with van der Waals surface area (Å²) in [5.74, 6) is 0.848. The number of methoxy groups -OCH3 is 1. The van der Waals surface area contributed by atoms with Crippen LogP contribution in [0, 0.1) is 11.7 Å². The van der Waals surface area contributed by atoms with Crippen molar-refractivity contribution in [1.82, 2.24) is 9.80 Å². The fourth-order valence-corrected chi connectivity index (χ4v) is 5.44. The lowest BCUT2D eigenvalue weighted by molar-refractivity contribution is 0.0627. The number of benzene rings is 1. The number of halogens is 1. The lowest BCUT2D eigenvalue weighted by Crippen LogP contribution is -2.48. The summed E-state index contributed by atoms with van der Waals surface area (Å²) in [5, 5.41) is 2.07. The maximum absolute atomic E-state index is 13.9. The van der Waals surface area contributed by atoms with Gasteiger partial charge in [0, 0.05) is 43.0 Å². The van der Waals surface area contributed by atoms with Crippen molar-refractivity contribution in [3.8, 4) is 5.75 Å². The fraction of sp³-hybridized carbons (Fsp3) is 0.500. The van der Waals surface area contributed by atoms with Crippen LogP contribution in [0.15, 0.2) is 23.6 Å². The highest BCUT2D eigenvalue weighted by Gasteiger charge is 2.28. The van der Waals surface area contributed by atoms with Crippen LogP contribution in [0.25, 0.3) is 0 Å². The van der Waals surface area contributed by atoms with Crippen molar-refractivity contribution < 1.29 is 13.9 Å². The van der Waals surface area contributed by atoms with Gasteiger partial charge in [-0.3, -0.25) is 9.69 Å². The minimum atomic E-state index is -0.328. The van der Waals surface area contributed by atoms with Gasteiger partial charge < -0.3 is 9.64 Å². The van der Waals surface area contributed by atoms with E-state index >= 15 is 0 Å². The van der Waals surface area contributed by atoms with E-state index in [1.165, 1.54) is 30.0 Å². The Balaban J connectivity index is 1.35. The number of nitrogens with zero attached hydrogens (tertiary/aromatic N) is 2. The van der Waals surface area contributed by atoms with Gasteiger partial charge in [-0.2, -0.15) is 0 Å². The Hall–Kier alpha value is -1.92. The van der Waals surface area contributed by atoms with Gasteiger partial charge in [-0.25, -0.2) is 4.39 Å². The molecule has 1 aliphatic heterocycles. The Morgan fingerprint density at radius 2 is 2.07 bits per heavy atom. The van der Waals surface area contributed by atoms with E-state index in [2.05, 4.69) is 17.2 Å². The van der Waals surface area contributed by atoms with Crippen molar-refractivity contribution in [2.24, 2.45) is 5.92 Å². The van der Waals surface area contributed by atoms with Gasteiger partial charge >= 0.3 is 0 Å². The third-order valence-corrected chi connectivity index (χ3v) is 6.97. The van der Waals surface area contributed by atoms with Crippen LogP contribution in [0.2, 0.25) is 0 Å². The number of thiophene rings is 1. The molecule has 1 aromatic carbocycles. The van der Waals surface area contributed by atoms with E-state index in [9.17, 15) is 9.18 Å². The second kappa shape index (κ2) is 8.21. The summed E-state index contributed by atoms with van der Waals surface area (Å²) in [5.41, 5.74) is 3.15. The van der Waals surface area contributed by atoms with E-state index in [4.69, 9.17) is 4.74 Å². The van der Waals surface area contributed by atoms with E-state index in [1.54, 1.807) is 17.4 Å². The molecule has 1 saturated heterocycles. The second-order valence-electron chi connectivity index (χ2n) is 7.94. The molecule has 6 heteroatoms. The van der Waals surface area contributed by atoms with Crippen molar-refractivity contribution in [1.29, 1.82) is 0 Å². The molecule has 1 atom stereocenters. The second-order valence-corrected chi connectivity index (χ2v) is 8.90. The summed E-state index contributed by atoms with van der Waals surface area (Å²) in [7, 11) is 1.47. The molecule has 28 heavy (non-hydrogen) atoms. The minimum absolute atomic E-state index is 0.183. The fourth-order valence-electron chi connectivity index (χ4n) is 4.20. The molecule has 4 rings (SSSR count). The summed E-state index contributed by atoms with van der Waals surface area (Å²) < 4.78 is 18.9. The zero-order valence-corrected chi connectivity index (χ0v) is 17.4. The Bertz CT molecular complexity index is 858. The normalized spacial score (nSPS) is 20.1. The first-order valence-electron chi connectivity index (χ1n) is 9.98. The SMILES string of the molecule is COc1ccc(CN2CCN(C(=O)c3csc4c3CC[C@@H](C)C4)CC2)cc1F. The number of ether oxygens (including phenoxy) is 1. The number of fused-ring (bicyclic) bond motifs is 1. The van der Waals surface area contributed by atoms with Crippen LogP contribution in [0.5, 0.6) is 5.75 Å². The van der Waals surface area contributed by atoms with Gasteiger partial charge in [0.15, 0.2) is 11.6 Å². The summed E-state index contributed by atoms with van der Waals surface area (Å²) >= 11 is 1.75. The van der Waals surface area contributed by atoms with E-state index < -0.39 is 0 Å². The van der Waals surface area contributed by atoms with E-state index in [1.807, 2.05) is 11.0 Å². The lowest BCUT2D eigenvalue weighted by atomic mass is 9.88. The Kier molecular flexibility index (Phi) is 5.69. The van der Waals surface area contributed by atoms with Crippen molar-refractivity contribution in [2.75, 3.05) is 33.3 Å². The molecule has 4 nitrogen and oxygen atoms in total. The molecule has 2 aromatic rings. The van der Waals surface area contributed by atoms with E-state index in [-0.39, 0.29) is 17.5 Å². The van der Waals surface area contributed by atoms with Gasteiger partial charge in [-0.05, 0) is 48.4 Å². The third kappa shape index (κ3) is 3.94. The maximum Gasteiger partial charge on any atom is 0.255 e. The Morgan fingerprint density at radius 3 is 2.79 bits per heavy atom. The summed E-state index contributed by atoms with van der Waals surface area (Å²) in [6.45, 7) is 6.04. The van der Waals surface area contributed by atoms with Crippen molar-refractivity contribution >= 4 is 17.2 Å². The van der Waals surface area contributed by atoms with Crippen LogP contribution in [0.3, 0.4) is 0 Å². The topological polar surface area (TPSA) is 32.8 Å². The molecule has 0 N–H and O–H groups in total. The van der Waals surface area contributed by atoms with Crippen LogP contribution >= 0.6 is 11.3 Å². The standard InChI is InChI=1S/C22H27FN2O2S/c1-15-3-5-17-18(14-28-21(17)11-15)22(26)25-9-7-24(8-10-25)13-16-4-6-20(27-2)19(23)12-16/h4,6,12,14-15H,3,5,7-11,13H2,1-2H3/t15-/m1/s1. The van der Waals surface area contributed by atoms with E-state index in [0.717, 1.165) is 56.1 Å². The number of rotatable bonds is 4. The summed E-state index contributed by atoms with van der Waals surface area (Å²) in [6, 6.07) is 5.11. The summed E-state index contributed by atoms with van der Waals surface area (Å²) in [6.07, 6.45) is 3.32. The van der Waals surface area contributed by atoms with Gasteiger partial charge in [0.05, 0.1) is 12.7 Å². The van der Waals surface area contributed by atoms with Crippen molar-refractivity contribution in [3.05, 3.63) is 51.0 Å². The average Bonchev–Trinajstić information content (AvgIpc) is 3.11. The molecule has 2 aliphatic rings.